The number of anilines is 2. The lowest BCUT2D eigenvalue weighted by Gasteiger charge is -2.35. The highest BCUT2D eigenvalue weighted by molar-refractivity contribution is 6.09. The fourth-order valence-electron chi connectivity index (χ4n) is 5.02. The maximum Gasteiger partial charge on any atom is 0.406 e. The van der Waals surface area contributed by atoms with Crippen LogP contribution in [-0.4, -0.2) is 61.0 Å². The molecular weight excluding hydrogens is 535 g/mol. The Hall–Kier alpha value is -3.92. The van der Waals surface area contributed by atoms with Crippen molar-refractivity contribution in [2.75, 3.05) is 42.6 Å². The Labute approximate surface area is 237 Å². The van der Waals surface area contributed by atoms with Gasteiger partial charge in [-0.25, -0.2) is 4.98 Å². The molecular formula is C31H34F3N3O4. The third-order valence-electron chi connectivity index (χ3n) is 7.30. The molecule has 3 aromatic rings. The van der Waals surface area contributed by atoms with Crippen LogP contribution in [0.15, 0.2) is 72.9 Å². The molecule has 1 amide bonds. The highest BCUT2D eigenvalue weighted by Gasteiger charge is 2.36. The third-order valence-corrected chi connectivity index (χ3v) is 7.30. The van der Waals surface area contributed by atoms with E-state index in [-0.39, 0.29) is 23.9 Å². The van der Waals surface area contributed by atoms with Gasteiger partial charge >= 0.3 is 12.1 Å². The van der Waals surface area contributed by atoms with Crippen LogP contribution in [0.1, 0.15) is 47.2 Å². The first kappa shape index (κ1) is 30.0. The smallest absolute Gasteiger partial charge is 0.406 e. The summed E-state index contributed by atoms with van der Waals surface area (Å²) in [5.74, 6) is -2.32. The molecule has 41 heavy (non-hydrogen) atoms. The molecule has 0 aliphatic carbocycles. The number of carboxylic acid groups (broad SMARTS) is 1. The summed E-state index contributed by atoms with van der Waals surface area (Å²) >= 11 is 0. The largest absolute Gasteiger partial charge is 0.481 e. The van der Waals surface area contributed by atoms with Gasteiger partial charge in [0.05, 0.1) is 12.2 Å². The van der Waals surface area contributed by atoms with Crippen LogP contribution in [0.2, 0.25) is 0 Å². The lowest BCUT2D eigenvalue weighted by molar-refractivity contribution is -0.140. The van der Waals surface area contributed by atoms with Crippen LogP contribution in [0.4, 0.5) is 24.7 Å². The molecule has 2 aromatic carbocycles. The lowest BCUT2D eigenvalue weighted by atomic mass is 9.95. The summed E-state index contributed by atoms with van der Waals surface area (Å²) in [6.07, 6.45) is -1.06. The van der Waals surface area contributed by atoms with Crippen molar-refractivity contribution >= 4 is 23.4 Å². The van der Waals surface area contributed by atoms with Crippen molar-refractivity contribution in [1.29, 1.82) is 0 Å². The van der Waals surface area contributed by atoms with Gasteiger partial charge in [-0.05, 0) is 60.6 Å². The predicted molar refractivity (Wildman–Crippen MR) is 150 cm³/mol. The van der Waals surface area contributed by atoms with Crippen molar-refractivity contribution in [2.24, 2.45) is 5.92 Å². The van der Waals surface area contributed by atoms with Crippen molar-refractivity contribution in [3.8, 4) is 0 Å². The molecule has 1 aliphatic heterocycles. The van der Waals surface area contributed by atoms with Crippen LogP contribution >= 0.6 is 0 Å². The number of amides is 1. The van der Waals surface area contributed by atoms with Crippen molar-refractivity contribution in [1.82, 2.24) is 4.98 Å². The molecule has 218 valence electrons. The van der Waals surface area contributed by atoms with E-state index in [0.29, 0.717) is 42.3 Å². The number of pyridine rings is 1. The minimum Gasteiger partial charge on any atom is -0.481 e. The molecule has 1 N–H and O–H groups in total. The first-order chi connectivity index (χ1) is 19.7. The summed E-state index contributed by atoms with van der Waals surface area (Å²) in [6, 6.07) is 18.7. The van der Waals surface area contributed by atoms with Crippen LogP contribution in [0, 0.1) is 5.92 Å². The van der Waals surface area contributed by atoms with Gasteiger partial charge in [-0.1, -0.05) is 49.4 Å². The molecule has 4 rings (SSSR count). The van der Waals surface area contributed by atoms with E-state index in [4.69, 9.17) is 4.74 Å². The van der Waals surface area contributed by atoms with Crippen molar-refractivity contribution in [2.45, 2.75) is 38.3 Å². The highest BCUT2D eigenvalue weighted by Crippen LogP contribution is 2.31. The zero-order chi connectivity index (χ0) is 29.4. The third kappa shape index (κ3) is 8.07. The summed E-state index contributed by atoms with van der Waals surface area (Å²) in [7, 11) is 0. The minimum absolute atomic E-state index is 0.0635. The molecule has 7 nitrogen and oxygen atoms in total. The van der Waals surface area contributed by atoms with E-state index in [1.54, 1.807) is 48.5 Å². The number of hydrogen-bond donors (Lipinski definition) is 1. The number of carbonyl (C=O) groups is 2. The number of aryl methyl sites for hydroxylation is 1. The fourth-order valence-corrected chi connectivity index (χ4v) is 5.02. The Bertz CT molecular complexity index is 1300. The van der Waals surface area contributed by atoms with Gasteiger partial charge in [0.1, 0.15) is 18.3 Å². The molecule has 2 heterocycles. The monoisotopic (exact) mass is 569 g/mol. The number of benzene rings is 2. The van der Waals surface area contributed by atoms with Gasteiger partial charge < -0.3 is 14.7 Å². The minimum atomic E-state index is -4.60. The Morgan fingerprint density at radius 3 is 2.39 bits per heavy atom. The standard InChI is InChI=1S/C31H34F3N3O4/c1-2-22-11-12-25(29(38)37(21-31(32,33)34)28-10-6-7-15-35-28)27(18-22)36-16-13-23(14-17-36)19-41-20-26(30(39)40)24-8-4-3-5-9-24/h3-12,15,18,23,26H,2,13-14,16-17,19-21H2,1H3,(H,39,40). The number of nitrogens with zero attached hydrogens (tertiary/aromatic N) is 3. The number of hydrogen-bond acceptors (Lipinski definition) is 5. The van der Waals surface area contributed by atoms with Crippen molar-refractivity contribution in [3.63, 3.8) is 0 Å². The molecule has 1 aromatic heterocycles. The number of piperidine rings is 1. The number of aromatic nitrogens is 1. The van der Waals surface area contributed by atoms with Gasteiger partial charge in [-0.15, -0.1) is 0 Å². The van der Waals surface area contributed by atoms with Crippen molar-refractivity contribution < 1.29 is 32.6 Å². The second-order valence-corrected chi connectivity index (χ2v) is 10.2. The van der Waals surface area contributed by atoms with Gasteiger partial charge in [-0.2, -0.15) is 13.2 Å². The van der Waals surface area contributed by atoms with E-state index in [9.17, 15) is 27.9 Å². The van der Waals surface area contributed by atoms with Crippen LogP contribution in [0.25, 0.3) is 0 Å². The van der Waals surface area contributed by atoms with Crippen LogP contribution in [0.3, 0.4) is 0 Å². The molecule has 1 fully saturated rings. The maximum absolute atomic E-state index is 13.6. The molecule has 10 heteroatoms. The Morgan fingerprint density at radius 2 is 1.78 bits per heavy atom. The average molecular weight is 570 g/mol. The number of carbonyl (C=O) groups excluding carboxylic acids is 1. The first-order valence-electron chi connectivity index (χ1n) is 13.7. The summed E-state index contributed by atoms with van der Waals surface area (Å²) < 4.78 is 46.3. The molecule has 1 aliphatic rings. The lowest BCUT2D eigenvalue weighted by Crippen LogP contribution is -2.41. The second kappa shape index (κ2) is 13.6. The summed E-state index contributed by atoms with van der Waals surface area (Å²) in [5.41, 5.74) is 2.46. The quantitative estimate of drug-likeness (QED) is 0.307. The number of aliphatic carboxylic acids is 1. The molecule has 1 saturated heterocycles. The average Bonchev–Trinajstić information content (AvgIpc) is 2.98. The van der Waals surface area contributed by atoms with E-state index in [0.717, 1.165) is 18.4 Å². The van der Waals surface area contributed by atoms with E-state index in [1.807, 2.05) is 24.0 Å². The number of ether oxygens (including phenoxy) is 1. The molecule has 1 unspecified atom stereocenters. The zero-order valence-electron chi connectivity index (χ0n) is 22.9. The fraction of sp³-hybridized carbons (Fsp3) is 0.387. The zero-order valence-corrected chi connectivity index (χ0v) is 22.9. The van der Waals surface area contributed by atoms with Crippen molar-refractivity contribution in [3.05, 3.63) is 89.6 Å². The Kier molecular flexibility index (Phi) is 9.99. The molecule has 0 bridgehead atoms. The van der Waals surface area contributed by atoms with Gasteiger partial charge in [-0.3, -0.25) is 14.5 Å². The molecule has 0 radical (unpaired) electrons. The first-order valence-corrected chi connectivity index (χ1v) is 13.7. The van der Waals surface area contributed by atoms with Crippen LogP contribution < -0.4 is 9.80 Å². The van der Waals surface area contributed by atoms with Gasteiger partial charge in [0, 0.05) is 31.6 Å². The number of alkyl halides is 3. The van der Waals surface area contributed by atoms with Gasteiger partial charge in [0.2, 0.25) is 0 Å². The van der Waals surface area contributed by atoms with E-state index < -0.39 is 30.5 Å². The van der Waals surface area contributed by atoms with E-state index in [1.165, 1.54) is 12.3 Å². The van der Waals surface area contributed by atoms with E-state index in [2.05, 4.69) is 4.98 Å². The molecule has 0 spiro atoms. The summed E-state index contributed by atoms with van der Waals surface area (Å²) in [4.78, 5) is 32.1. The number of halogens is 3. The van der Waals surface area contributed by atoms with Gasteiger partial charge in [0.15, 0.2) is 0 Å². The summed E-state index contributed by atoms with van der Waals surface area (Å²) in [6.45, 7) is 2.19. The maximum atomic E-state index is 13.6. The normalized spacial score (nSPS) is 15.0. The van der Waals surface area contributed by atoms with Gasteiger partial charge in [0.25, 0.3) is 5.91 Å². The van der Waals surface area contributed by atoms with E-state index >= 15 is 0 Å². The predicted octanol–water partition coefficient (Wildman–Crippen LogP) is 5.95. The van der Waals surface area contributed by atoms with Crippen LogP contribution in [-0.2, 0) is 16.0 Å². The number of carboxylic acids is 1. The topological polar surface area (TPSA) is 83.0 Å². The summed E-state index contributed by atoms with van der Waals surface area (Å²) in [5, 5.41) is 9.63. The number of rotatable bonds is 11. The molecule has 1 atom stereocenters. The Morgan fingerprint density at radius 1 is 1.07 bits per heavy atom. The molecule has 0 saturated carbocycles. The SMILES string of the molecule is CCc1ccc(C(=O)N(CC(F)(F)F)c2ccccn2)c(N2CCC(COCC(C(=O)O)c3ccccc3)CC2)c1. The van der Waals surface area contributed by atoms with Crippen LogP contribution in [0.5, 0.6) is 0 Å². The highest BCUT2D eigenvalue weighted by atomic mass is 19.4. The second-order valence-electron chi connectivity index (χ2n) is 10.2. The Balaban J connectivity index is 1.45.